The van der Waals surface area contributed by atoms with Crippen molar-refractivity contribution in [2.75, 3.05) is 23.7 Å². The van der Waals surface area contributed by atoms with Crippen LogP contribution in [-0.2, 0) is 26.2 Å². The highest BCUT2D eigenvalue weighted by Crippen LogP contribution is 2.27. The Hall–Kier alpha value is -2.43. The number of rotatable bonds is 12. The van der Waals surface area contributed by atoms with Crippen molar-refractivity contribution < 1.29 is 26.8 Å². The lowest BCUT2D eigenvalue weighted by Gasteiger charge is -2.30. The van der Waals surface area contributed by atoms with E-state index in [1.807, 2.05) is 6.92 Å². The highest BCUT2D eigenvalue weighted by atomic mass is 35.5. The average molecular weight is 564 g/mol. The van der Waals surface area contributed by atoms with Gasteiger partial charge in [0.1, 0.15) is 6.04 Å². The topological polar surface area (TPSA) is 86.8 Å². The number of anilines is 1. The minimum atomic E-state index is -3.85. The number of nitrogens with zero attached hydrogens (tertiary/aromatic N) is 2. The predicted octanol–water partition coefficient (Wildman–Crippen LogP) is 4.76. The van der Waals surface area contributed by atoms with Crippen molar-refractivity contribution >= 4 is 50.7 Å². The van der Waals surface area contributed by atoms with Gasteiger partial charge in [0.05, 0.1) is 11.9 Å². The maximum Gasteiger partial charge on any atom is 0.242 e. The van der Waals surface area contributed by atoms with Crippen LogP contribution in [0.3, 0.4) is 0 Å². The van der Waals surface area contributed by atoms with E-state index in [2.05, 4.69) is 5.32 Å². The molecule has 2 aromatic carbocycles. The van der Waals surface area contributed by atoms with Crippen LogP contribution < -0.4 is 9.62 Å². The van der Waals surface area contributed by atoms with Crippen LogP contribution in [0.4, 0.5) is 14.5 Å². The molecule has 0 radical (unpaired) electrons. The monoisotopic (exact) mass is 563 g/mol. The third-order valence-electron chi connectivity index (χ3n) is 5.45. The zero-order valence-electron chi connectivity index (χ0n) is 20.2. The van der Waals surface area contributed by atoms with Crippen LogP contribution in [0.15, 0.2) is 36.4 Å². The summed E-state index contributed by atoms with van der Waals surface area (Å²) in [5.41, 5.74) is 0.416. The van der Waals surface area contributed by atoms with Gasteiger partial charge < -0.3 is 10.2 Å². The van der Waals surface area contributed by atoms with Crippen LogP contribution in [0.25, 0.3) is 0 Å². The van der Waals surface area contributed by atoms with E-state index in [-0.39, 0.29) is 37.5 Å². The standard InChI is InChI=1S/C24H29Cl2F2N3O4S/c1-4-12-29-24(33)16(2)30(15-18-19(25)7-5-8-20(18)26)23(32)9-6-13-31(36(3,34)35)17-10-11-21(27)22(28)14-17/h5,7-8,10-11,14,16H,4,6,9,12-13,15H2,1-3H3,(H,29,33)/t16-/m1/s1. The van der Waals surface area contributed by atoms with E-state index in [4.69, 9.17) is 23.2 Å². The summed E-state index contributed by atoms with van der Waals surface area (Å²) in [6.07, 6.45) is 1.58. The lowest BCUT2D eigenvalue weighted by molar-refractivity contribution is -0.140. The van der Waals surface area contributed by atoms with Crippen molar-refractivity contribution in [3.05, 3.63) is 63.6 Å². The van der Waals surface area contributed by atoms with Gasteiger partial charge in [0.25, 0.3) is 0 Å². The first kappa shape index (κ1) is 29.8. The lowest BCUT2D eigenvalue weighted by Crippen LogP contribution is -2.48. The largest absolute Gasteiger partial charge is 0.354 e. The van der Waals surface area contributed by atoms with Gasteiger partial charge in [0, 0.05) is 47.7 Å². The fourth-order valence-corrected chi connectivity index (χ4v) is 4.95. The summed E-state index contributed by atoms with van der Waals surface area (Å²) in [6.45, 7) is 3.73. The number of sulfonamides is 1. The Morgan fingerprint density at radius 2 is 1.72 bits per heavy atom. The Labute approximate surface area is 220 Å². The minimum Gasteiger partial charge on any atom is -0.354 e. The van der Waals surface area contributed by atoms with Gasteiger partial charge in [0.15, 0.2) is 11.6 Å². The van der Waals surface area contributed by atoms with Crippen molar-refractivity contribution in [3.8, 4) is 0 Å². The van der Waals surface area contributed by atoms with Crippen LogP contribution in [0.1, 0.15) is 38.7 Å². The fraction of sp³-hybridized carbons (Fsp3) is 0.417. The van der Waals surface area contributed by atoms with Crippen molar-refractivity contribution in [2.24, 2.45) is 0 Å². The first-order chi connectivity index (χ1) is 16.9. The van der Waals surface area contributed by atoms with Gasteiger partial charge in [-0.15, -0.1) is 0 Å². The summed E-state index contributed by atoms with van der Waals surface area (Å²) < 4.78 is 52.5. The van der Waals surface area contributed by atoms with E-state index in [1.54, 1.807) is 25.1 Å². The number of carbonyl (C=O) groups is 2. The molecule has 0 aliphatic carbocycles. The number of nitrogens with one attached hydrogen (secondary N) is 1. The summed E-state index contributed by atoms with van der Waals surface area (Å²) in [6, 6.07) is 6.82. The molecule has 12 heteroatoms. The second-order valence-corrected chi connectivity index (χ2v) is 10.9. The summed E-state index contributed by atoms with van der Waals surface area (Å²) in [5, 5.41) is 3.43. The molecule has 198 valence electrons. The Morgan fingerprint density at radius 3 is 2.28 bits per heavy atom. The third kappa shape index (κ3) is 8.04. The second kappa shape index (κ2) is 13.2. The molecule has 0 aliphatic rings. The molecule has 36 heavy (non-hydrogen) atoms. The van der Waals surface area contributed by atoms with Crippen LogP contribution in [-0.4, -0.2) is 50.5 Å². The van der Waals surface area contributed by atoms with Gasteiger partial charge in [0.2, 0.25) is 21.8 Å². The molecule has 0 unspecified atom stereocenters. The fourth-order valence-electron chi connectivity index (χ4n) is 3.48. The Balaban J connectivity index is 2.22. The van der Waals surface area contributed by atoms with E-state index in [0.29, 0.717) is 28.6 Å². The molecule has 0 saturated heterocycles. The molecule has 0 fully saturated rings. The highest BCUT2D eigenvalue weighted by Gasteiger charge is 2.28. The number of hydrogen-bond donors (Lipinski definition) is 1. The van der Waals surface area contributed by atoms with Crippen molar-refractivity contribution in [2.45, 2.75) is 45.7 Å². The summed E-state index contributed by atoms with van der Waals surface area (Å²) >= 11 is 12.6. The number of halogens is 4. The molecular weight excluding hydrogens is 535 g/mol. The molecule has 0 spiro atoms. The first-order valence-corrected chi connectivity index (χ1v) is 13.9. The summed E-state index contributed by atoms with van der Waals surface area (Å²) in [7, 11) is -3.85. The Bertz CT molecular complexity index is 1180. The maximum absolute atomic E-state index is 13.7. The van der Waals surface area contributed by atoms with Gasteiger partial charge in [-0.25, -0.2) is 17.2 Å². The zero-order chi connectivity index (χ0) is 27.0. The lowest BCUT2D eigenvalue weighted by atomic mass is 10.1. The van der Waals surface area contributed by atoms with Crippen LogP contribution >= 0.6 is 23.2 Å². The van der Waals surface area contributed by atoms with E-state index in [9.17, 15) is 26.8 Å². The van der Waals surface area contributed by atoms with E-state index in [1.165, 1.54) is 4.90 Å². The molecule has 0 aliphatic heterocycles. The van der Waals surface area contributed by atoms with Crippen LogP contribution in [0.2, 0.25) is 10.0 Å². The zero-order valence-corrected chi connectivity index (χ0v) is 22.6. The van der Waals surface area contributed by atoms with Crippen LogP contribution in [0, 0.1) is 11.6 Å². The molecule has 2 rings (SSSR count). The summed E-state index contributed by atoms with van der Waals surface area (Å²) in [4.78, 5) is 27.2. The SMILES string of the molecule is CCCNC(=O)[C@@H](C)N(Cc1c(Cl)cccc1Cl)C(=O)CCCN(c1ccc(F)c(F)c1)S(C)(=O)=O. The number of benzene rings is 2. The van der Waals surface area contributed by atoms with Gasteiger partial charge in [-0.3, -0.25) is 13.9 Å². The van der Waals surface area contributed by atoms with E-state index >= 15 is 0 Å². The molecule has 2 aromatic rings. The van der Waals surface area contributed by atoms with Crippen LogP contribution in [0.5, 0.6) is 0 Å². The summed E-state index contributed by atoms with van der Waals surface area (Å²) in [5.74, 6) is -3.07. The third-order valence-corrected chi connectivity index (χ3v) is 7.35. The Morgan fingerprint density at radius 1 is 1.08 bits per heavy atom. The maximum atomic E-state index is 13.7. The van der Waals surface area contributed by atoms with E-state index < -0.39 is 33.6 Å². The molecule has 1 atom stereocenters. The van der Waals surface area contributed by atoms with Gasteiger partial charge in [-0.1, -0.05) is 36.2 Å². The Kier molecular flexibility index (Phi) is 10.9. The van der Waals surface area contributed by atoms with Crippen molar-refractivity contribution in [1.29, 1.82) is 0 Å². The first-order valence-electron chi connectivity index (χ1n) is 11.3. The molecular formula is C24H29Cl2F2N3O4S. The predicted molar refractivity (Wildman–Crippen MR) is 138 cm³/mol. The van der Waals surface area contributed by atoms with Gasteiger partial charge >= 0.3 is 0 Å². The minimum absolute atomic E-state index is 0.0307. The number of amides is 2. The number of hydrogen-bond acceptors (Lipinski definition) is 4. The van der Waals surface area contributed by atoms with E-state index in [0.717, 1.165) is 28.8 Å². The molecule has 0 saturated carbocycles. The van der Waals surface area contributed by atoms with Crippen molar-refractivity contribution in [3.63, 3.8) is 0 Å². The molecule has 0 aromatic heterocycles. The second-order valence-electron chi connectivity index (χ2n) is 8.23. The van der Waals surface area contributed by atoms with Gasteiger partial charge in [-0.05, 0) is 44.0 Å². The van der Waals surface area contributed by atoms with Gasteiger partial charge in [-0.2, -0.15) is 0 Å². The highest BCUT2D eigenvalue weighted by molar-refractivity contribution is 7.92. The molecule has 0 bridgehead atoms. The smallest absolute Gasteiger partial charge is 0.242 e. The average Bonchev–Trinajstić information content (AvgIpc) is 2.80. The molecule has 2 amide bonds. The molecule has 1 N–H and O–H groups in total. The molecule has 0 heterocycles. The quantitative estimate of drug-likeness (QED) is 0.403. The molecule has 7 nitrogen and oxygen atoms in total. The van der Waals surface area contributed by atoms with Crippen molar-refractivity contribution in [1.82, 2.24) is 10.2 Å². The number of carbonyl (C=O) groups excluding carboxylic acids is 2. The normalized spacial score (nSPS) is 12.2.